The molecule has 0 spiro atoms. The second-order valence-corrected chi connectivity index (χ2v) is 3.69. The van der Waals surface area contributed by atoms with Crippen molar-refractivity contribution >= 4 is 10.9 Å². The van der Waals surface area contributed by atoms with Crippen LogP contribution in [0.2, 0.25) is 0 Å². The maximum absolute atomic E-state index is 12.4. The highest BCUT2D eigenvalue weighted by Crippen LogP contribution is 2.18. The molecule has 0 amide bonds. The number of rotatable bonds is 3. The summed E-state index contributed by atoms with van der Waals surface area (Å²) in [5.74, 6) is 0. The van der Waals surface area contributed by atoms with Crippen molar-refractivity contribution in [3.8, 4) is 0 Å². The van der Waals surface area contributed by atoms with Gasteiger partial charge < -0.3 is 5.73 Å². The third-order valence-corrected chi connectivity index (χ3v) is 2.52. The van der Waals surface area contributed by atoms with Gasteiger partial charge in [0, 0.05) is 11.6 Å². The van der Waals surface area contributed by atoms with E-state index in [0.717, 1.165) is 16.5 Å². The zero-order chi connectivity index (χ0) is 11.5. The molecule has 2 aromatic rings. The van der Waals surface area contributed by atoms with Crippen LogP contribution in [0.15, 0.2) is 36.5 Å². The molecular formula is C12H12F2N2. The Labute approximate surface area is 92.1 Å². The molecule has 0 saturated carbocycles. The van der Waals surface area contributed by atoms with E-state index in [4.69, 9.17) is 5.73 Å². The maximum atomic E-state index is 12.4. The summed E-state index contributed by atoms with van der Waals surface area (Å²) in [6.45, 7) is 0. The van der Waals surface area contributed by atoms with E-state index in [2.05, 4.69) is 4.98 Å². The Morgan fingerprint density at radius 1 is 1.19 bits per heavy atom. The first kappa shape index (κ1) is 11.0. The van der Waals surface area contributed by atoms with E-state index in [9.17, 15) is 8.78 Å². The lowest BCUT2D eigenvalue weighted by atomic mass is 10.0. The van der Waals surface area contributed by atoms with Crippen LogP contribution in [0.25, 0.3) is 10.9 Å². The Hall–Kier alpha value is -1.55. The highest BCUT2D eigenvalue weighted by molar-refractivity contribution is 5.81. The van der Waals surface area contributed by atoms with Crippen LogP contribution >= 0.6 is 0 Å². The summed E-state index contributed by atoms with van der Waals surface area (Å²) >= 11 is 0. The number of hydrogen-bond donors (Lipinski definition) is 1. The predicted molar refractivity (Wildman–Crippen MR) is 59.4 cm³/mol. The van der Waals surface area contributed by atoms with Gasteiger partial charge in [0.1, 0.15) is 0 Å². The summed E-state index contributed by atoms with van der Waals surface area (Å²) in [5.41, 5.74) is 6.99. The highest BCUT2D eigenvalue weighted by atomic mass is 19.3. The molecule has 1 unspecified atom stereocenters. The summed E-state index contributed by atoms with van der Waals surface area (Å²) < 4.78 is 24.7. The van der Waals surface area contributed by atoms with Gasteiger partial charge in [-0.1, -0.05) is 18.2 Å². The topological polar surface area (TPSA) is 38.9 Å². The van der Waals surface area contributed by atoms with E-state index in [1.807, 2.05) is 24.3 Å². The summed E-state index contributed by atoms with van der Waals surface area (Å²) in [4.78, 5) is 4.17. The molecule has 2 N–H and O–H groups in total. The first-order valence-corrected chi connectivity index (χ1v) is 5.05. The zero-order valence-electron chi connectivity index (χ0n) is 8.61. The number of pyridine rings is 1. The molecule has 0 saturated heterocycles. The van der Waals surface area contributed by atoms with E-state index in [1.165, 1.54) is 0 Å². The standard InChI is InChI=1S/C12H12F2N2/c13-12(14)10(15)7-8-5-6-16-11-4-2-1-3-9(8)11/h1-6,10,12H,7,15H2. The second-order valence-electron chi connectivity index (χ2n) is 3.69. The lowest BCUT2D eigenvalue weighted by molar-refractivity contribution is 0.116. The van der Waals surface area contributed by atoms with E-state index in [0.29, 0.717) is 0 Å². The minimum atomic E-state index is -2.49. The number of para-hydroxylation sites is 1. The molecule has 1 aromatic heterocycles. The van der Waals surface area contributed by atoms with Crippen molar-refractivity contribution < 1.29 is 8.78 Å². The molecule has 1 atom stereocenters. The minimum absolute atomic E-state index is 0.167. The predicted octanol–water partition coefficient (Wildman–Crippen LogP) is 2.37. The molecule has 0 aliphatic carbocycles. The highest BCUT2D eigenvalue weighted by Gasteiger charge is 2.16. The van der Waals surface area contributed by atoms with Crippen LogP contribution in [0.4, 0.5) is 8.78 Å². The summed E-state index contributed by atoms with van der Waals surface area (Å²) in [7, 11) is 0. The molecule has 2 nitrogen and oxygen atoms in total. The fraction of sp³-hybridized carbons (Fsp3) is 0.250. The Bertz CT molecular complexity index is 480. The van der Waals surface area contributed by atoms with E-state index < -0.39 is 12.5 Å². The maximum Gasteiger partial charge on any atom is 0.253 e. The van der Waals surface area contributed by atoms with E-state index in [-0.39, 0.29) is 6.42 Å². The number of nitrogens with two attached hydrogens (primary N) is 1. The summed E-state index contributed by atoms with van der Waals surface area (Å²) in [5, 5.41) is 0.890. The Morgan fingerprint density at radius 2 is 1.94 bits per heavy atom. The molecular weight excluding hydrogens is 210 g/mol. The van der Waals surface area contributed by atoms with Crippen LogP contribution < -0.4 is 5.73 Å². The number of hydrogen-bond acceptors (Lipinski definition) is 2. The first-order valence-electron chi connectivity index (χ1n) is 5.05. The minimum Gasteiger partial charge on any atom is -0.323 e. The van der Waals surface area contributed by atoms with E-state index in [1.54, 1.807) is 12.3 Å². The van der Waals surface area contributed by atoms with Crippen molar-refractivity contribution in [3.05, 3.63) is 42.1 Å². The number of nitrogens with zero attached hydrogens (tertiary/aromatic N) is 1. The summed E-state index contributed by atoms with van der Waals surface area (Å²) in [6.07, 6.45) is -0.705. The molecule has 84 valence electrons. The third-order valence-electron chi connectivity index (χ3n) is 2.52. The van der Waals surface area contributed by atoms with Crippen molar-refractivity contribution in [2.24, 2.45) is 5.73 Å². The number of aromatic nitrogens is 1. The van der Waals surface area contributed by atoms with Gasteiger partial charge in [-0.05, 0) is 24.1 Å². The lowest BCUT2D eigenvalue weighted by Crippen LogP contribution is -2.30. The van der Waals surface area contributed by atoms with Gasteiger partial charge in [0.15, 0.2) is 0 Å². The van der Waals surface area contributed by atoms with Gasteiger partial charge in [0.2, 0.25) is 0 Å². The van der Waals surface area contributed by atoms with Crippen LogP contribution in [0.3, 0.4) is 0 Å². The second kappa shape index (κ2) is 4.53. The molecule has 0 fully saturated rings. The Kier molecular flexibility index (Phi) is 3.10. The van der Waals surface area contributed by atoms with Gasteiger partial charge in [-0.2, -0.15) is 0 Å². The van der Waals surface area contributed by atoms with Crippen LogP contribution in [-0.4, -0.2) is 17.5 Å². The fourth-order valence-electron chi connectivity index (χ4n) is 1.68. The van der Waals surface area contributed by atoms with Crippen molar-refractivity contribution in [3.63, 3.8) is 0 Å². The third kappa shape index (κ3) is 2.17. The van der Waals surface area contributed by atoms with Crippen molar-refractivity contribution in [2.45, 2.75) is 18.9 Å². The average molecular weight is 222 g/mol. The largest absolute Gasteiger partial charge is 0.323 e. The molecule has 0 aliphatic rings. The molecule has 16 heavy (non-hydrogen) atoms. The number of fused-ring (bicyclic) bond motifs is 1. The summed E-state index contributed by atoms with van der Waals surface area (Å²) in [6, 6.07) is 8.08. The normalized spacial score (nSPS) is 13.2. The van der Waals surface area contributed by atoms with E-state index >= 15 is 0 Å². The van der Waals surface area contributed by atoms with Gasteiger partial charge in [-0.25, -0.2) is 8.78 Å². The van der Waals surface area contributed by atoms with Crippen LogP contribution in [0.1, 0.15) is 5.56 Å². The van der Waals surface area contributed by atoms with Crippen LogP contribution in [-0.2, 0) is 6.42 Å². The molecule has 1 aromatic carbocycles. The Morgan fingerprint density at radius 3 is 2.69 bits per heavy atom. The van der Waals surface area contributed by atoms with Gasteiger partial charge in [-0.15, -0.1) is 0 Å². The Balaban J connectivity index is 2.37. The number of alkyl halides is 2. The number of benzene rings is 1. The smallest absolute Gasteiger partial charge is 0.253 e. The van der Waals surface area contributed by atoms with Crippen molar-refractivity contribution in [1.29, 1.82) is 0 Å². The molecule has 4 heteroatoms. The molecule has 1 heterocycles. The van der Waals surface area contributed by atoms with Crippen LogP contribution in [0, 0.1) is 0 Å². The lowest BCUT2D eigenvalue weighted by Gasteiger charge is -2.11. The number of halogens is 2. The zero-order valence-corrected chi connectivity index (χ0v) is 8.61. The monoisotopic (exact) mass is 222 g/mol. The fourth-order valence-corrected chi connectivity index (χ4v) is 1.68. The molecule has 2 rings (SSSR count). The molecule has 0 bridgehead atoms. The first-order chi connectivity index (χ1) is 7.68. The molecule has 0 radical (unpaired) electrons. The molecule has 0 aliphatic heterocycles. The van der Waals surface area contributed by atoms with Gasteiger partial charge in [0.05, 0.1) is 11.6 Å². The average Bonchev–Trinajstić information content (AvgIpc) is 2.29. The SMILES string of the molecule is NC(Cc1ccnc2ccccc12)C(F)F. The quantitative estimate of drug-likeness (QED) is 0.865. The van der Waals surface area contributed by atoms with Crippen molar-refractivity contribution in [1.82, 2.24) is 4.98 Å². The van der Waals surface area contributed by atoms with Crippen LogP contribution in [0.5, 0.6) is 0 Å². The van der Waals surface area contributed by atoms with Gasteiger partial charge in [0.25, 0.3) is 6.43 Å². The van der Waals surface area contributed by atoms with Crippen molar-refractivity contribution in [2.75, 3.05) is 0 Å². The van der Waals surface area contributed by atoms with Gasteiger partial charge in [-0.3, -0.25) is 4.98 Å². The van der Waals surface area contributed by atoms with Gasteiger partial charge >= 0.3 is 0 Å².